The van der Waals surface area contributed by atoms with Crippen LogP contribution in [0.25, 0.3) is 16.6 Å². The van der Waals surface area contributed by atoms with Gasteiger partial charge in [0.15, 0.2) is 0 Å². The first-order valence-electron chi connectivity index (χ1n) is 8.84. The second kappa shape index (κ2) is 7.20. The van der Waals surface area contributed by atoms with Crippen LogP contribution in [0.5, 0.6) is 0 Å². The van der Waals surface area contributed by atoms with Crippen molar-refractivity contribution in [2.75, 3.05) is 11.9 Å². The maximum atomic E-state index is 13.3. The standard InChI is InChI=1S/C22H17FN4O2/c1-26(15-8-10-25-11-9-15)17-6-7-20-18(12-17)21(28)19(22(24)29)13-27(20)16-4-2-14(23)3-5-16/h2-13H,1H3,(H2,24,29). The lowest BCUT2D eigenvalue weighted by atomic mass is 10.1. The molecule has 2 aromatic heterocycles. The first kappa shape index (κ1) is 18.4. The summed E-state index contributed by atoms with van der Waals surface area (Å²) in [6.45, 7) is 0. The van der Waals surface area contributed by atoms with Crippen LogP contribution in [0.2, 0.25) is 0 Å². The summed E-state index contributed by atoms with van der Waals surface area (Å²) < 4.78 is 15.0. The number of nitrogens with zero attached hydrogens (tertiary/aromatic N) is 3. The molecule has 0 saturated heterocycles. The summed E-state index contributed by atoms with van der Waals surface area (Å²) in [6, 6.07) is 14.8. The molecule has 6 nitrogen and oxygen atoms in total. The van der Waals surface area contributed by atoms with Crippen LogP contribution < -0.4 is 16.1 Å². The Labute approximate surface area is 165 Å². The van der Waals surface area contributed by atoms with Crippen molar-refractivity contribution in [3.05, 3.63) is 94.8 Å². The Bertz CT molecular complexity index is 1270. The molecule has 0 aliphatic heterocycles. The number of carbonyl (C=O) groups excluding carboxylic acids is 1. The molecule has 4 rings (SSSR count). The van der Waals surface area contributed by atoms with Crippen LogP contribution in [-0.2, 0) is 0 Å². The van der Waals surface area contributed by atoms with Gasteiger partial charge in [-0.1, -0.05) is 0 Å². The maximum Gasteiger partial charge on any atom is 0.254 e. The van der Waals surface area contributed by atoms with Crippen LogP contribution in [0.1, 0.15) is 10.4 Å². The second-order valence-corrected chi connectivity index (χ2v) is 6.55. The number of hydrogen-bond acceptors (Lipinski definition) is 4. The van der Waals surface area contributed by atoms with Crippen molar-refractivity contribution in [3.63, 3.8) is 0 Å². The largest absolute Gasteiger partial charge is 0.365 e. The van der Waals surface area contributed by atoms with Crippen LogP contribution >= 0.6 is 0 Å². The molecule has 0 saturated carbocycles. The van der Waals surface area contributed by atoms with Crippen LogP contribution in [0.4, 0.5) is 15.8 Å². The SMILES string of the molecule is CN(c1ccncc1)c1ccc2c(c1)c(=O)c(C(N)=O)cn2-c1ccc(F)cc1. The number of nitrogens with two attached hydrogens (primary N) is 1. The number of hydrogen-bond donors (Lipinski definition) is 1. The van der Waals surface area contributed by atoms with Crippen LogP contribution in [0.3, 0.4) is 0 Å². The van der Waals surface area contributed by atoms with E-state index >= 15 is 0 Å². The summed E-state index contributed by atoms with van der Waals surface area (Å²) in [7, 11) is 1.87. The molecule has 2 aromatic carbocycles. The topological polar surface area (TPSA) is 81.2 Å². The van der Waals surface area contributed by atoms with Gasteiger partial charge in [-0.15, -0.1) is 0 Å². The summed E-state index contributed by atoms with van der Waals surface area (Å²) in [5.41, 5.74) is 7.69. The highest BCUT2D eigenvalue weighted by atomic mass is 19.1. The second-order valence-electron chi connectivity index (χ2n) is 6.55. The van der Waals surface area contributed by atoms with E-state index in [9.17, 15) is 14.0 Å². The van der Waals surface area contributed by atoms with Gasteiger partial charge < -0.3 is 15.2 Å². The van der Waals surface area contributed by atoms with Gasteiger partial charge in [-0.2, -0.15) is 0 Å². The van der Waals surface area contributed by atoms with Crippen molar-refractivity contribution in [3.8, 4) is 5.69 Å². The highest BCUT2D eigenvalue weighted by molar-refractivity contribution is 5.97. The van der Waals surface area contributed by atoms with Gasteiger partial charge in [-0.3, -0.25) is 14.6 Å². The first-order chi connectivity index (χ1) is 14.0. The first-order valence-corrected chi connectivity index (χ1v) is 8.84. The third-order valence-corrected chi connectivity index (χ3v) is 4.79. The zero-order valence-electron chi connectivity index (χ0n) is 15.5. The summed E-state index contributed by atoms with van der Waals surface area (Å²) >= 11 is 0. The molecule has 0 aliphatic rings. The number of halogens is 1. The quantitative estimate of drug-likeness (QED) is 0.581. The van der Waals surface area contributed by atoms with Crippen molar-refractivity contribution in [1.29, 1.82) is 0 Å². The number of amides is 1. The zero-order valence-corrected chi connectivity index (χ0v) is 15.5. The maximum absolute atomic E-state index is 13.3. The highest BCUT2D eigenvalue weighted by Gasteiger charge is 2.16. The summed E-state index contributed by atoms with van der Waals surface area (Å²) in [6.07, 6.45) is 4.76. The third kappa shape index (κ3) is 3.34. The normalized spacial score (nSPS) is 10.8. The number of carbonyl (C=O) groups is 1. The molecule has 0 aliphatic carbocycles. The lowest BCUT2D eigenvalue weighted by Crippen LogP contribution is -2.24. The van der Waals surface area contributed by atoms with Gasteiger partial charge in [-0.05, 0) is 54.6 Å². The Hall–Kier alpha value is -4.00. The van der Waals surface area contributed by atoms with Crippen LogP contribution in [0, 0.1) is 5.82 Å². The van der Waals surface area contributed by atoms with E-state index in [1.165, 1.54) is 18.3 Å². The number of primary amides is 1. The molecule has 0 spiro atoms. The van der Waals surface area contributed by atoms with Crippen molar-refractivity contribution < 1.29 is 9.18 Å². The van der Waals surface area contributed by atoms with Crippen molar-refractivity contribution in [2.45, 2.75) is 0 Å². The van der Waals surface area contributed by atoms with Crippen molar-refractivity contribution in [1.82, 2.24) is 9.55 Å². The minimum absolute atomic E-state index is 0.134. The van der Waals surface area contributed by atoms with Crippen molar-refractivity contribution in [2.24, 2.45) is 5.73 Å². The Morgan fingerprint density at radius 1 is 1.03 bits per heavy atom. The molecule has 29 heavy (non-hydrogen) atoms. The van der Waals surface area contributed by atoms with Gasteiger partial charge in [0.2, 0.25) is 5.43 Å². The lowest BCUT2D eigenvalue weighted by molar-refractivity contribution is 0.0999. The molecule has 0 fully saturated rings. The Morgan fingerprint density at radius 3 is 2.38 bits per heavy atom. The molecule has 0 unspecified atom stereocenters. The molecule has 0 bridgehead atoms. The van der Waals surface area contributed by atoms with Gasteiger partial charge in [-0.25, -0.2) is 4.39 Å². The van der Waals surface area contributed by atoms with E-state index in [2.05, 4.69) is 4.98 Å². The van der Waals surface area contributed by atoms with E-state index in [4.69, 9.17) is 5.73 Å². The van der Waals surface area contributed by atoms with E-state index in [0.717, 1.165) is 11.4 Å². The number of aromatic nitrogens is 2. The lowest BCUT2D eigenvalue weighted by Gasteiger charge is -2.20. The van der Waals surface area contributed by atoms with Crippen molar-refractivity contribution >= 4 is 28.2 Å². The molecule has 1 amide bonds. The molecule has 0 atom stereocenters. The Kier molecular flexibility index (Phi) is 4.56. The monoisotopic (exact) mass is 388 g/mol. The zero-order chi connectivity index (χ0) is 20.5. The average molecular weight is 388 g/mol. The van der Waals surface area contributed by atoms with Crippen LogP contribution in [0.15, 0.2) is 78.0 Å². The third-order valence-electron chi connectivity index (χ3n) is 4.79. The highest BCUT2D eigenvalue weighted by Crippen LogP contribution is 2.27. The molecular weight excluding hydrogens is 371 g/mol. The molecule has 2 N–H and O–H groups in total. The molecule has 4 aromatic rings. The minimum Gasteiger partial charge on any atom is -0.365 e. The predicted octanol–water partition coefficient (Wildman–Crippen LogP) is 3.39. The van der Waals surface area contributed by atoms with Gasteiger partial charge >= 0.3 is 0 Å². The summed E-state index contributed by atoms with van der Waals surface area (Å²) in [4.78, 5) is 30.7. The number of benzene rings is 2. The average Bonchev–Trinajstić information content (AvgIpc) is 2.74. The molecule has 7 heteroatoms. The Balaban J connectivity index is 1.96. The molecule has 0 radical (unpaired) electrons. The number of rotatable bonds is 4. The van der Waals surface area contributed by atoms with Gasteiger partial charge in [0.25, 0.3) is 5.91 Å². The fourth-order valence-electron chi connectivity index (χ4n) is 3.23. The predicted molar refractivity (Wildman–Crippen MR) is 110 cm³/mol. The molecule has 2 heterocycles. The Morgan fingerprint density at radius 2 is 1.72 bits per heavy atom. The fraction of sp³-hybridized carbons (Fsp3) is 0.0455. The van der Waals surface area contributed by atoms with Gasteiger partial charge in [0, 0.05) is 48.1 Å². The molecule has 144 valence electrons. The fourth-order valence-corrected chi connectivity index (χ4v) is 3.23. The molecular formula is C22H17FN4O2. The van der Waals surface area contributed by atoms with Gasteiger partial charge in [0.05, 0.1) is 5.52 Å². The van der Waals surface area contributed by atoms with Gasteiger partial charge in [0.1, 0.15) is 11.4 Å². The summed E-state index contributed by atoms with van der Waals surface area (Å²) in [5.74, 6) is -1.20. The van der Waals surface area contributed by atoms with E-state index < -0.39 is 11.3 Å². The summed E-state index contributed by atoms with van der Waals surface area (Å²) in [5, 5.41) is 0.337. The van der Waals surface area contributed by atoms with E-state index in [0.29, 0.717) is 16.6 Å². The minimum atomic E-state index is -0.819. The smallest absolute Gasteiger partial charge is 0.254 e. The van der Waals surface area contributed by atoms with E-state index in [1.807, 2.05) is 30.1 Å². The van der Waals surface area contributed by atoms with E-state index in [-0.39, 0.29) is 11.4 Å². The number of anilines is 2. The van der Waals surface area contributed by atoms with Crippen LogP contribution in [-0.4, -0.2) is 22.5 Å². The number of pyridine rings is 2. The number of fused-ring (bicyclic) bond motifs is 1. The van der Waals surface area contributed by atoms with E-state index in [1.54, 1.807) is 41.2 Å².